The molecule has 0 saturated carbocycles. The van der Waals surface area contributed by atoms with E-state index in [2.05, 4.69) is 24.3 Å². The molecule has 2 N–H and O–H groups in total. The van der Waals surface area contributed by atoms with Gasteiger partial charge in [-0.2, -0.15) is 0 Å². The zero-order valence-electron chi connectivity index (χ0n) is 15.1. The van der Waals surface area contributed by atoms with Gasteiger partial charge in [-0.05, 0) is 40.5 Å². The number of imide groups is 1. The van der Waals surface area contributed by atoms with E-state index in [4.69, 9.17) is 5.73 Å². The first-order valence-corrected chi connectivity index (χ1v) is 9.58. The highest BCUT2D eigenvalue weighted by atomic mass is 16.2. The van der Waals surface area contributed by atoms with E-state index in [0.717, 1.165) is 0 Å². The highest BCUT2D eigenvalue weighted by molar-refractivity contribution is 6.23. The Labute approximate surface area is 162 Å². The van der Waals surface area contributed by atoms with Crippen molar-refractivity contribution >= 4 is 23.2 Å². The number of nitrogen functional groups attached to an aromatic ring is 1. The summed E-state index contributed by atoms with van der Waals surface area (Å²) in [6.07, 6.45) is 0. The van der Waals surface area contributed by atoms with Gasteiger partial charge in [-0.15, -0.1) is 0 Å². The molecule has 2 bridgehead atoms. The molecule has 7 rings (SSSR count). The summed E-state index contributed by atoms with van der Waals surface area (Å²) in [6.45, 7) is 0. The normalized spacial score (nSPS) is 26.8. The number of anilines is 2. The number of rotatable bonds is 1. The second kappa shape index (κ2) is 5.32. The standard InChI is InChI=1S/C24H18N2O2/c25-13-6-5-7-14(12-13)26-23(27)21-19-15-8-1-2-9-16(15)20(22(21)24(26)28)18-11-4-3-10-17(18)19/h1-12,19-22H,25H2/t19?,20?,21-,22-/m1/s1. The van der Waals surface area contributed by atoms with Gasteiger partial charge in [-0.25, -0.2) is 4.90 Å². The van der Waals surface area contributed by atoms with Gasteiger partial charge >= 0.3 is 0 Å². The van der Waals surface area contributed by atoms with Crippen molar-refractivity contribution in [2.45, 2.75) is 11.8 Å². The average Bonchev–Trinajstić information content (AvgIpc) is 2.99. The maximum atomic E-state index is 13.5. The summed E-state index contributed by atoms with van der Waals surface area (Å²) in [6, 6.07) is 23.6. The SMILES string of the molecule is Nc1cccc(N2C(=O)[C@@H]3C4c5ccccc5C(c5ccccc54)[C@H]3C2=O)c1. The Morgan fingerprint density at radius 3 is 1.54 bits per heavy atom. The molecule has 1 aliphatic heterocycles. The molecule has 136 valence electrons. The molecule has 3 aromatic rings. The minimum atomic E-state index is -0.358. The van der Waals surface area contributed by atoms with Gasteiger partial charge < -0.3 is 5.73 Å². The Bertz CT molecular complexity index is 1050. The molecule has 28 heavy (non-hydrogen) atoms. The van der Waals surface area contributed by atoms with Gasteiger partial charge in [0.1, 0.15) is 0 Å². The van der Waals surface area contributed by atoms with Crippen LogP contribution >= 0.6 is 0 Å². The summed E-state index contributed by atoms with van der Waals surface area (Å²) in [5.41, 5.74) is 11.8. The number of hydrogen-bond donors (Lipinski definition) is 1. The van der Waals surface area contributed by atoms with Gasteiger partial charge in [0.25, 0.3) is 0 Å². The Kier molecular flexibility index (Phi) is 2.97. The molecule has 4 aliphatic rings. The molecule has 3 aliphatic carbocycles. The number of carbonyl (C=O) groups excluding carboxylic acids is 2. The predicted molar refractivity (Wildman–Crippen MR) is 107 cm³/mol. The number of amides is 2. The molecule has 4 nitrogen and oxygen atoms in total. The van der Waals surface area contributed by atoms with Crippen LogP contribution in [-0.2, 0) is 9.59 Å². The number of nitrogens with two attached hydrogens (primary N) is 1. The van der Waals surface area contributed by atoms with Crippen molar-refractivity contribution in [2.24, 2.45) is 11.8 Å². The quantitative estimate of drug-likeness (QED) is 0.528. The number of carbonyl (C=O) groups is 2. The summed E-state index contributed by atoms with van der Waals surface area (Å²) in [5.74, 6) is -1.10. The molecular formula is C24H18N2O2. The smallest absolute Gasteiger partial charge is 0.238 e. The second-order valence-electron chi connectivity index (χ2n) is 7.87. The van der Waals surface area contributed by atoms with Gasteiger partial charge in [0.15, 0.2) is 0 Å². The lowest BCUT2D eigenvalue weighted by atomic mass is 9.55. The Morgan fingerprint density at radius 2 is 1.11 bits per heavy atom. The van der Waals surface area contributed by atoms with Crippen LogP contribution in [0.4, 0.5) is 11.4 Å². The maximum absolute atomic E-state index is 13.5. The molecule has 0 radical (unpaired) electrons. The lowest BCUT2D eigenvalue weighted by Gasteiger charge is -2.45. The summed E-state index contributed by atoms with van der Waals surface area (Å²) in [7, 11) is 0. The van der Waals surface area contributed by atoms with Gasteiger partial charge in [-0.3, -0.25) is 9.59 Å². The number of benzene rings is 3. The van der Waals surface area contributed by atoms with E-state index in [0.29, 0.717) is 11.4 Å². The molecule has 2 amide bonds. The van der Waals surface area contributed by atoms with Crippen LogP contribution in [-0.4, -0.2) is 11.8 Å². The molecule has 0 aromatic heterocycles. The fourth-order valence-electron chi connectivity index (χ4n) is 5.60. The van der Waals surface area contributed by atoms with E-state index in [1.807, 2.05) is 24.3 Å². The monoisotopic (exact) mass is 366 g/mol. The molecule has 0 spiro atoms. The van der Waals surface area contributed by atoms with E-state index in [-0.39, 0.29) is 35.5 Å². The van der Waals surface area contributed by atoms with E-state index < -0.39 is 0 Å². The highest BCUT2D eigenvalue weighted by Crippen LogP contribution is 2.61. The minimum absolute atomic E-state index is 0.0788. The maximum Gasteiger partial charge on any atom is 0.238 e. The first-order valence-electron chi connectivity index (χ1n) is 9.58. The second-order valence-corrected chi connectivity index (χ2v) is 7.87. The molecule has 1 fully saturated rings. The third kappa shape index (κ3) is 1.80. The third-order valence-corrected chi connectivity index (χ3v) is 6.58. The van der Waals surface area contributed by atoms with Gasteiger partial charge in [0.2, 0.25) is 11.8 Å². The van der Waals surface area contributed by atoms with Crippen LogP contribution in [0.15, 0.2) is 72.8 Å². The Morgan fingerprint density at radius 1 is 0.643 bits per heavy atom. The fourth-order valence-corrected chi connectivity index (χ4v) is 5.60. The topological polar surface area (TPSA) is 63.4 Å². The predicted octanol–water partition coefficient (Wildman–Crippen LogP) is 3.67. The van der Waals surface area contributed by atoms with Crippen molar-refractivity contribution in [3.8, 4) is 0 Å². The molecule has 2 atom stereocenters. The van der Waals surface area contributed by atoms with Crippen molar-refractivity contribution in [2.75, 3.05) is 10.6 Å². The Hall–Kier alpha value is -3.40. The third-order valence-electron chi connectivity index (χ3n) is 6.58. The average molecular weight is 366 g/mol. The van der Waals surface area contributed by atoms with Crippen LogP contribution in [0.1, 0.15) is 34.1 Å². The molecular weight excluding hydrogens is 348 g/mol. The van der Waals surface area contributed by atoms with Crippen LogP contribution in [0, 0.1) is 11.8 Å². The minimum Gasteiger partial charge on any atom is -0.399 e. The highest BCUT2D eigenvalue weighted by Gasteiger charge is 2.61. The van der Waals surface area contributed by atoms with Crippen molar-refractivity contribution in [3.05, 3.63) is 95.1 Å². The van der Waals surface area contributed by atoms with Crippen molar-refractivity contribution in [1.82, 2.24) is 0 Å². The molecule has 3 aromatic carbocycles. The summed E-state index contributed by atoms with van der Waals surface area (Å²) in [4.78, 5) is 28.4. The lowest BCUT2D eigenvalue weighted by Crippen LogP contribution is -2.41. The molecule has 4 heteroatoms. The number of nitrogens with zero attached hydrogens (tertiary/aromatic N) is 1. The summed E-state index contributed by atoms with van der Waals surface area (Å²) in [5, 5.41) is 0. The Balaban J connectivity index is 1.58. The van der Waals surface area contributed by atoms with Crippen molar-refractivity contribution in [3.63, 3.8) is 0 Å². The summed E-state index contributed by atoms with van der Waals surface area (Å²) >= 11 is 0. The van der Waals surface area contributed by atoms with Crippen LogP contribution in [0.25, 0.3) is 0 Å². The summed E-state index contributed by atoms with van der Waals surface area (Å²) < 4.78 is 0. The lowest BCUT2D eigenvalue weighted by molar-refractivity contribution is -0.122. The zero-order chi connectivity index (χ0) is 19.0. The fraction of sp³-hybridized carbons (Fsp3) is 0.167. The van der Waals surface area contributed by atoms with E-state index in [9.17, 15) is 9.59 Å². The van der Waals surface area contributed by atoms with E-state index >= 15 is 0 Å². The van der Waals surface area contributed by atoms with Crippen molar-refractivity contribution < 1.29 is 9.59 Å². The molecule has 0 unspecified atom stereocenters. The van der Waals surface area contributed by atoms with Gasteiger partial charge in [0, 0.05) is 17.5 Å². The van der Waals surface area contributed by atoms with Gasteiger partial charge in [-0.1, -0.05) is 54.6 Å². The van der Waals surface area contributed by atoms with Crippen molar-refractivity contribution in [1.29, 1.82) is 0 Å². The van der Waals surface area contributed by atoms with Crippen LogP contribution < -0.4 is 10.6 Å². The zero-order valence-corrected chi connectivity index (χ0v) is 15.1. The molecule has 1 heterocycles. The first-order chi connectivity index (χ1) is 13.7. The van der Waals surface area contributed by atoms with Crippen LogP contribution in [0.5, 0.6) is 0 Å². The first kappa shape index (κ1) is 15.6. The molecule has 1 saturated heterocycles. The van der Waals surface area contributed by atoms with E-state index in [1.165, 1.54) is 27.2 Å². The number of hydrogen-bond acceptors (Lipinski definition) is 3. The largest absolute Gasteiger partial charge is 0.399 e. The van der Waals surface area contributed by atoms with E-state index in [1.54, 1.807) is 24.3 Å². The van der Waals surface area contributed by atoms with Crippen LogP contribution in [0.2, 0.25) is 0 Å². The van der Waals surface area contributed by atoms with Crippen LogP contribution in [0.3, 0.4) is 0 Å². The van der Waals surface area contributed by atoms with Gasteiger partial charge in [0.05, 0.1) is 17.5 Å².